The highest BCUT2D eigenvalue weighted by Gasteiger charge is 2.13. The maximum Gasteiger partial charge on any atom is 0.268 e. The number of amides is 1. The van der Waals surface area contributed by atoms with Crippen molar-refractivity contribution in [3.8, 4) is 5.75 Å². The third-order valence-electron chi connectivity index (χ3n) is 4.21. The summed E-state index contributed by atoms with van der Waals surface area (Å²) < 4.78 is 7.29. The average Bonchev–Trinajstić information content (AvgIpc) is 3.39. The third-order valence-corrected chi connectivity index (χ3v) is 6.02. The van der Waals surface area contributed by atoms with Gasteiger partial charge in [0.05, 0.1) is 11.4 Å². The highest BCUT2D eigenvalue weighted by molar-refractivity contribution is 7.12. The van der Waals surface area contributed by atoms with E-state index < -0.39 is 0 Å². The van der Waals surface area contributed by atoms with E-state index in [1.54, 1.807) is 47.1 Å². The van der Waals surface area contributed by atoms with Crippen LogP contribution < -0.4 is 10.1 Å². The topological polar surface area (TPSA) is 69.0 Å². The summed E-state index contributed by atoms with van der Waals surface area (Å²) in [5.74, 6) is 0.629. The molecule has 0 aliphatic heterocycles. The molecule has 0 saturated carbocycles. The maximum absolute atomic E-state index is 12.5. The summed E-state index contributed by atoms with van der Waals surface area (Å²) in [6.45, 7) is 0.754. The number of thiophene rings is 1. The first-order valence-electron chi connectivity index (χ1n) is 9.07. The summed E-state index contributed by atoms with van der Waals surface area (Å²) in [4.78, 5) is 17.2. The van der Waals surface area contributed by atoms with E-state index in [2.05, 4.69) is 15.4 Å². The monoisotopic (exact) mass is 492 g/mol. The normalized spacial score (nSPS) is 10.8. The van der Waals surface area contributed by atoms with E-state index in [4.69, 9.17) is 39.5 Å². The van der Waals surface area contributed by atoms with E-state index in [1.165, 1.54) is 17.7 Å². The van der Waals surface area contributed by atoms with E-state index in [0.717, 1.165) is 11.1 Å². The zero-order valence-electron chi connectivity index (χ0n) is 15.9. The Morgan fingerprint density at radius 1 is 1.06 bits per heavy atom. The lowest BCUT2D eigenvalue weighted by Crippen LogP contribution is -2.12. The number of aromatic nitrogens is 3. The minimum absolute atomic E-state index is 0.211. The molecule has 6 nitrogen and oxygen atoms in total. The first-order chi connectivity index (χ1) is 15.0. The second kappa shape index (κ2) is 9.70. The number of benzene rings is 2. The highest BCUT2D eigenvalue weighted by atomic mass is 35.5. The molecule has 158 valence electrons. The number of rotatable bonds is 7. The van der Waals surface area contributed by atoms with Crippen molar-refractivity contribution < 1.29 is 9.53 Å². The van der Waals surface area contributed by atoms with Crippen LogP contribution in [0.15, 0.2) is 60.2 Å². The molecule has 0 fully saturated rings. The first kappa shape index (κ1) is 21.6. The molecule has 4 aromatic rings. The Kier molecular flexibility index (Phi) is 6.77. The van der Waals surface area contributed by atoms with Crippen molar-refractivity contribution in [1.29, 1.82) is 0 Å². The standard InChI is InChI=1S/C21H15Cl3N4O2S/c22-15-3-5-17(6-4-15)30-10-13-7-19(31-11-13)20(29)26-21-25-12-28(27-21)9-14-1-2-16(23)8-18(14)24/h1-8,11-12H,9-10H2,(H,26,27,29). The minimum Gasteiger partial charge on any atom is -0.489 e. The lowest BCUT2D eigenvalue weighted by atomic mass is 10.2. The molecule has 2 heterocycles. The zero-order valence-corrected chi connectivity index (χ0v) is 19.0. The number of nitrogens with zero attached hydrogens (tertiary/aromatic N) is 3. The van der Waals surface area contributed by atoms with Gasteiger partial charge in [0, 0.05) is 20.6 Å². The Morgan fingerprint density at radius 3 is 2.61 bits per heavy atom. The number of hydrogen-bond donors (Lipinski definition) is 1. The molecule has 0 saturated heterocycles. The lowest BCUT2D eigenvalue weighted by molar-refractivity contribution is 0.102. The average molecular weight is 494 g/mol. The molecule has 0 unspecified atom stereocenters. The zero-order chi connectivity index (χ0) is 21.8. The summed E-state index contributed by atoms with van der Waals surface area (Å²) in [7, 11) is 0. The van der Waals surface area contributed by atoms with Gasteiger partial charge in [0.2, 0.25) is 5.95 Å². The Hall–Kier alpha value is -2.58. The van der Waals surface area contributed by atoms with E-state index in [0.29, 0.717) is 38.8 Å². The molecule has 0 aliphatic rings. The Bertz CT molecular complexity index is 1210. The smallest absolute Gasteiger partial charge is 0.268 e. The number of anilines is 1. The predicted molar refractivity (Wildman–Crippen MR) is 124 cm³/mol. The summed E-state index contributed by atoms with van der Waals surface area (Å²) in [5, 5.41) is 10.6. The minimum atomic E-state index is -0.287. The van der Waals surface area contributed by atoms with Gasteiger partial charge in [-0.05, 0) is 53.4 Å². The van der Waals surface area contributed by atoms with Crippen molar-refractivity contribution in [1.82, 2.24) is 14.8 Å². The van der Waals surface area contributed by atoms with Gasteiger partial charge in [-0.25, -0.2) is 9.67 Å². The van der Waals surface area contributed by atoms with Gasteiger partial charge >= 0.3 is 0 Å². The Labute approximate surface area is 197 Å². The van der Waals surface area contributed by atoms with Crippen LogP contribution in [0.1, 0.15) is 20.8 Å². The predicted octanol–water partition coefficient (Wildman–Crippen LogP) is 6.18. The third kappa shape index (κ3) is 5.77. The number of carbonyl (C=O) groups is 1. The summed E-state index contributed by atoms with van der Waals surface area (Å²) in [5.41, 5.74) is 1.73. The van der Waals surface area contributed by atoms with Crippen LogP contribution >= 0.6 is 46.1 Å². The summed E-state index contributed by atoms with van der Waals surface area (Å²) in [6.07, 6.45) is 1.53. The van der Waals surface area contributed by atoms with Crippen LogP contribution in [-0.4, -0.2) is 20.7 Å². The van der Waals surface area contributed by atoms with Crippen molar-refractivity contribution in [2.45, 2.75) is 13.2 Å². The molecule has 10 heteroatoms. The van der Waals surface area contributed by atoms with Crippen molar-refractivity contribution in [2.75, 3.05) is 5.32 Å². The molecule has 4 rings (SSSR count). The van der Waals surface area contributed by atoms with E-state index >= 15 is 0 Å². The molecule has 0 atom stereocenters. The van der Waals surface area contributed by atoms with Crippen LogP contribution in [0.25, 0.3) is 0 Å². The Morgan fingerprint density at radius 2 is 1.84 bits per heavy atom. The van der Waals surface area contributed by atoms with Crippen LogP contribution in [0, 0.1) is 0 Å². The molecule has 31 heavy (non-hydrogen) atoms. The summed E-state index contributed by atoms with van der Waals surface area (Å²) in [6, 6.07) is 14.1. The van der Waals surface area contributed by atoms with Gasteiger partial charge in [-0.3, -0.25) is 10.1 Å². The van der Waals surface area contributed by atoms with Gasteiger partial charge < -0.3 is 4.74 Å². The number of nitrogens with one attached hydrogen (secondary N) is 1. The van der Waals surface area contributed by atoms with Crippen molar-refractivity contribution in [2.24, 2.45) is 0 Å². The molecular weight excluding hydrogens is 479 g/mol. The number of ether oxygens (including phenoxy) is 1. The lowest BCUT2D eigenvalue weighted by Gasteiger charge is -2.04. The molecule has 0 bridgehead atoms. The molecule has 0 aliphatic carbocycles. The maximum atomic E-state index is 12.5. The van der Waals surface area contributed by atoms with Crippen LogP contribution in [-0.2, 0) is 13.2 Å². The number of hydrogen-bond acceptors (Lipinski definition) is 5. The molecule has 0 spiro atoms. The summed E-state index contributed by atoms with van der Waals surface area (Å²) >= 11 is 19.3. The van der Waals surface area contributed by atoms with Gasteiger partial charge in [0.1, 0.15) is 18.7 Å². The van der Waals surface area contributed by atoms with Gasteiger partial charge in [-0.15, -0.1) is 16.4 Å². The molecular formula is C21H15Cl3N4O2S. The SMILES string of the molecule is O=C(Nc1ncn(Cc2ccc(Cl)cc2Cl)n1)c1cc(COc2ccc(Cl)cc2)cs1. The second-order valence-corrected chi connectivity index (χ2v) is 8.71. The molecule has 2 aromatic carbocycles. The van der Waals surface area contributed by atoms with E-state index in [1.807, 2.05) is 11.4 Å². The van der Waals surface area contributed by atoms with Crippen LogP contribution in [0.3, 0.4) is 0 Å². The van der Waals surface area contributed by atoms with Gasteiger partial charge in [0.25, 0.3) is 5.91 Å². The van der Waals surface area contributed by atoms with E-state index in [9.17, 15) is 4.79 Å². The van der Waals surface area contributed by atoms with Crippen LogP contribution in [0.2, 0.25) is 15.1 Å². The first-order valence-corrected chi connectivity index (χ1v) is 11.1. The molecule has 1 N–H and O–H groups in total. The van der Waals surface area contributed by atoms with Crippen molar-refractivity contribution in [3.05, 3.63) is 91.3 Å². The quantitative estimate of drug-likeness (QED) is 0.334. The van der Waals surface area contributed by atoms with Crippen molar-refractivity contribution >= 4 is 58.0 Å². The molecule has 0 radical (unpaired) electrons. The molecule has 2 aromatic heterocycles. The fraction of sp³-hybridized carbons (Fsp3) is 0.0952. The number of carbonyl (C=O) groups excluding carboxylic acids is 1. The van der Waals surface area contributed by atoms with Crippen molar-refractivity contribution in [3.63, 3.8) is 0 Å². The highest BCUT2D eigenvalue weighted by Crippen LogP contribution is 2.22. The van der Waals surface area contributed by atoms with E-state index in [-0.39, 0.29) is 11.9 Å². The largest absolute Gasteiger partial charge is 0.489 e. The van der Waals surface area contributed by atoms with Crippen LogP contribution in [0.4, 0.5) is 5.95 Å². The fourth-order valence-electron chi connectivity index (χ4n) is 2.68. The second-order valence-electron chi connectivity index (χ2n) is 6.52. The molecule has 1 amide bonds. The fourth-order valence-corrected chi connectivity index (χ4v) is 4.07. The van der Waals surface area contributed by atoms with Crippen LogP contribution in [0.5, 0.6) is 5.75 Å². The van der Waals surface area contributed by atoms with Gasteiger partial charge in [-0.2, -0.15) is 0 Å². The Balaban J connectivity index is 1.34. The van der Waals surface area contributed by atoms with Gasteiger partial charge in [-0.1, -0.05) is 40.9 Å². The number of halogens is 3. The van der Waals surface area contributed by atoms with Gasteiger partial charge in [0.15, 0.2) is 0 Å².